The number of likely N-dealkylation sites (tertiary alicyclic amines) is 1. The first-order valence-corrected chi connectivity index (χ1v) is 9.10. The Morgan fingerprint density at radius 3 is 2.70 bits per heavy atom. The largest absolute Gasteiger partial charge is 0.447 e. The highest BCUT2D eigenvalue weighted by Crippen LogP contribution is 2.11. The molecule has 2 N–H and O–H groups in total. The van der Waals surface area contributed by atoms with Gasteiger partial charge >= 0.3 is 12.2 Å². The van der Waals surface area contributed by atoms with Gasteiger partial charge in [0, 0.05) is 25.9 Å². The lowest BCUT2D eigenvalue weighted by Crippen LogP contribution is -2.41. The summed E-state index contributed by atoms with van der Waals surface area (Å²) >= 11 is 0. The summed E-state index contributed by atoms with van der Waals surface area (Å²) in [7, 11) is 0. The molecule has 1 unspecified atom stereocenters. The van der Waals surface area contributed by atoms with Gasteiger partial charge in [-0.1, -0.05) is 6.07 Å². The predicted octanol–water partition coefficient (Wildman–Crippen LogP) is 1.31. The van der Waals surface area contributed by atoms with E-state index in [0.29, 0.717) is 32.5 Å². The highest BCUT2D eigenvalue weighted by molar-refractivity contribution is 5.68. The van der Waals surface area contributed by atoms with Crippen molar-refractivity contribution in [2.24, 2.45) is 0 Å². The van der Waals surface area contributed by atoms with E-state index in [0.717, 1.165) is 5.69 Å². The number of pyridine rings is 1. The summed E-state index contributed by atoms with van der Waals surface area (Å²) in [5, 5.41) is 12.1. The molecule has 1 saturated heterocycles. The van der Waals surface area contributed by atoms with Crippen molar-refractivity contribution in [3.05, 3.63) is 30.1 Å². The average molecular weight is 381 g/mol. The van der Waals surface area contributed by atoms with E-state index in [1.165, 1.54) is 0 Å². The second-order valence-electron chi connectivity index (χ2n) is 6.15. The summed E-state index contributed by atoms with van der Waals surface area (Å²) < 4.78 is 15.8. The van der Waals surface area contributed by atoms with Crippen molar-refractivity contribution in [2.45, 2.75) is 38.5 Å². The standard InChI is InChI=1S/C18H27N3O6/c1-2-25-16(13-27-18(24)21-9-6-15(22)7-10-21)12-26-17(23)20-11-14-5-3-4-8-19-14/h3-5,8,15-16,22H,2,6-7,9-13H2,1H3,(H,20,23). The van der Waals surface area contributed by atoms with Crippen LogP contribution in [-0.4, -0.2) is 72.3 Å². The second kappa shape index (κ2) is 11.3. The van der Waals surface area contributed by atoms with Crippen LogP contribution in [0.25, 0.3) is 0 Å². The Morgan fingerprint density at radius 1 is 1.30 bits per heavy atom. The van der Waals surface area contributed by atoms with Gasteiger partial charge in [-0.15, -0.1) is 0 Å². The van der Waals surface area contributed by atoms with Gasteiger partial charge < -0.3 is 29.5 Å². The quantitative estimate of drug-likeness (QED) is 0.698. The molecule has 2 amide bonds. The fourth-order valence-corrected chi connectivity index (χ4v) is 2.57. The Kier molecular flexibility index (Phi) is 8.79. The van der Waals surface area contributed by atoms with E-state index in [-0.39, 0.29) is 25.9 Å². The van der Waals surface area contributed by atoms with Crippen molar-refractivity contribution in [1.29, 1.82) is 0 Å². The lowest BCUT2D eigenvalue weighted by atomic mass is 10.1. The number of aliphatic hydroxyl groups is 1. The Balaban J connectivity index is 1.67. The van der Waals surface area contributed by atoms with Crippen LogP contribution in [0.15, 0.2) is 24.4 Å². The number of hydrogen-bond donors (Lipinski definition) is 2. The summed E-state index contributed by atoms with van der Waals surface area (Å²) in [6.45, 7) is 3.35. The van der Waals surface area contributed by atoms with Crippen LogP contribution >= 0.6 is 0 Å². The van der Waals surface area contributed by atoms with E-state index < -0.39 is 18.3 Å². The van der Waals surface area contributed by atoms with Crippen LogP contribution in [0, 0.1) is 0 Å². The molecule has 2 rings (SSSR count). The second-order valence-corrected chi connectivity index (χ2v) is 6.15. The van der Waals surface area contributed by atoms with Gasteiger partial charge in [-0.25, -0.2) is 9.59 Å². The lowest BCUT2D eigenvalue weighted by Gasteiger charge is -2.29. The van der Waals surface area contributed by atoms with Gasteiger partial charge in [-0.3, -0.25) is 4.98 Å². The number of nitrogens with zero attached hydrogens (tertiary/aromatic N) is 2. The average Bonchev–Trinajstić information content (AvgIpc) is 2.69. The SMILES string of the molecule is CCOC(COC(=O)NCc1ccccn1)COC(=O)N1CCC(O)CC1. The van der Waals surface area contributed by atoms with E-state index in [4.69, 9.17) is 14.2 Å². The van der Waals surface area contributed by atoms with E-state index in [2.05, 4.69) is 10.3 Å². The number of hydrogen-bond acceptors (Lipinski definition) is 7. The van der Waals surface area contributed by atoms with Gasteiger partial charge in [0.1, 0.15) is 19.3 Å². The number of piperidine rings is 1. The Morgan fingerprint density at radius 2 is 2.04 bits per heavy atom. The first-order valence-electron chi connectivity index (χ1n) is 9.10. The van der Waals surface area contributed by atoms with Gasteiger partial charge in [0.2, 0.25) is 0 Å². The van der Waals surface area contributed by atoms with Gasteiger partial charge in [0.05, 0.1) is 18.3 Å². The van der Waals surface area contributed by atoms with Crippen molar-refractivity contribution in [3.63, 3.8) is 0 Å². The van der Waals surface area contributed by atoms with Gasteiger partial charge in [-0.2, -0.15) is 0 Å². The third-order valence-corrected chi connectivity index (χ3v) is 4.06. The molecule has 1 aromatic rings. The first kappa shape index (κ1) is 20.9. The van der Waals surface area contributed by atoms with Crippen molar-refractivity contribution < 1.29 is 28.9 Å². The zero-order valence-electron chi connectivity index (χ0n) is 15.5. The summed E-state index contributed by atoms with van der Waals surface area (Å²) in [5.41, 5.74) is 0.719. The molecule has 0 aromatic carbocycles. The minimum absolute atomic E-state index is 0.0146. The van der Waals surface area contributed by atoms with Gasteiger partial charge in [-0.05, 0) is 31.9 Å². The minimum atomic E-state index is -0.596. The number of aromatic nitrogens is 1. The molecular weight excluding hydrogens is 354 g/mol. The number of amides is 2. The molecule has 0 aliphatic carbocycles. The Bertz CT molecular complexity index is 578. The fraction of sp³-hybridized carbons (Fsp3) is 0.611. The maximum atomic E-state index is 12.1. The van der Waals surface area contributed by atoms with Crippen molar-refractivity contribution in [1.82, 2.24) is 15.2 Å². The normalized spacial score (nSPS) is 15.9. The molecule has 0 radical (unpaired) electrons. The minimum Gasteiger partial charge on any atom is -0.447 e. The predicted molar refractivity (Wildman–Crippen MR) is 96.0 cm³/mol. The van der Waals surface area contributed by atoms with Crippen molar-refractivity contribution in [3.8, 4) is 0 Å². The molecule has 0 bridgehead atoms. The summed E-state index contributed by atoms with van der Waals surface area (Å²) in [4.78, 5) is 29.5. The zero-order chi connectivity index (χ0) is 19.5. The molecule has 1 atom stereocenters. The van der Waals surface area contributed by atoms with E-state index in [9.17, 15) is 14.7 Å². The van der Waals surface area contributed by atoms with Gasteiger partial charge in [0.25, 0.3) is 0 Å². The number of carbonyl (C=O) groups is 2. The topological polar surface area (TPSA) is 110 Å². The molecule has 0 spiro atoms. The molecule has 9 nitrogen and oxygen atoms in total. The molecule has 0 saturated carbocycles. The van der Waals surface area contributed by atoms with Crippen LogP contribution in [0.3, 0.4) is 0 Å². The molecule has 2 heterocycles. The molecule has 1 aliphatic heterocycles. The molecule has 1 aliphatic rings. The van der Waals surface area contributed by atoms with E-state index >= 15 is 0 Å². The van der Waals surface area contributed by atoms with Gasteiger partial charge in [0.15, 0.2) is 0 Å². The number of aliphatic hydroxyl groups excluding tert-OH is 1. The van der Waals surface area contributed by atoms with E-state index in [1.54, 1.807) is 23.2 Å². The smallest absolute Gasteiger partial charge is 0.409 e. The lowest BCUT2D eigenvalue weighted by molar-refractivity contribution is -0.0315. The highest BCUT2D eigenvalue weighted by Gasteiger charge is 2.23. The number of rotatable bonds is 8. The monoisotopic (exact) mass is 381 g/mol. The fourth-order valence-electron chi connectivity index (χ4n) is 2.57. The highest BCUT2D eigenvalue weighted by atomic mass is 16.6. The Labute approximate surface area is 158 Å². The van der Waals surface area contributed by atoms with Crippen molar-refractivity contribution >= 4 is 12.2 Å². The molecular formula is C18H27N3O6. The third-order valence-electron chi connectivity index (χ3n) is 4.06. The van der Waals surface area contributed by atoms with Crippen molar-refractivity contribution in [2.75, 3.05) is 32.9 Å². The van der Waals surface area contributed by atoms with Crippen LogP contribution in [0.5, 0.6) is 0 Å². The molecule has 9 heteroatoms. The summed E-state index contributed by atoms with van der Waals surface area (Å²) in [5.74, 6) is 0. The molecule has 150 valence electrons. The summed E-state index contributed by atoms with van der Waals surface area (Å²) in [6, 6.07) is 5.42. The van der Waals surface area contributed by atoms with E-state index in [1.807, 2.05) is 13.0 Å². The first-order chi connectivity index (χ1) is 13.1. The Hall–Kier alpha value is -2.39. The van der Waals surface area contributed by atoms with Crippen LogP contribution in [-0.2, 0) is 20.8 Å². The van der Waals surface area contributed by atoms with Crippen LogP contribution in [0.1, 0.15) is 25.5 Å². The number of nitrogens with one attached hydrogen (secondary N) is 1. The maximum Gasteiger partial charge on any atom is 0.409 e. The zero-order valence-corrected chi connectivity index (χ0v) is 15.5. The number of alkyl carbamates (subject to hydrolysis) is 1. The number of ether oxygens (including phenoxy) is 3. The maximum absolute atomic E-state index is 12.1. The molecule has 1 aromatic heterocycles. The third kappa shape index (κ3) is 7.79. The number of carbonyl (C=O) groups excluding carboxylic acids is 2. The van der Waals surface area contributed by atoms with Crippen LogP contribution in [0.4, 0.5) is 9.59 Å². The molecule has 1 fully saturated rings. The summed E-state index contributed by atoms with van der Waals surface area (Å²) in [6.07, 6.45) is 0.781. The molecule has 27 heavy (non-hydrogen) atoms. The van der Waals surface area contributed by atoms with Crippen LogP contribution < -0.4 is 5.32 Å². The van der Waals surface area contributed by atoms with Crippen LogP contribution in [0.2, 0.25) is 0 Å².